The number of hydrogen-bond acceptors (Lipinski definition) is 2. The van der Waals surface area contributed by atoms with Crippen LogP contribution in [0.5, 0.6) is 0 Å². The third kappa shape index (κ3) is 3.02. The summed E-state index contributed by atoms with van der Waals surface area (Å²) in [4.78, 5) is 0. The number of hydrogen-bond donors (Lipinski definition) is 2. The quantitative estimate of drug-likeness (QED) is 0.781. The molecule has 88 valence electrons. The molecule has 0 aliphatic rings. The van der Waals surface area contributed by atoms with E-state index in [0.29, 0.717) is 0 Å². The molecule has 1 aromatic rings. The molecule has 0 atom stereocenters. The highest BCUT2D eigenvalue weighted by Crippen LogP contribution is 2.26. The minimum atomic E-state index is 0.941. The van der Waals surface area contributed by atoms with Crippen LogP contribution in [0.2, 0.25) is 0 Å². The Labute approximate surface area is 98.8 Å². The third-order valence-electron chi connectivity index (χ3n) is 2.64. The van der Waals surface area contributed by atoms with Crippen molar-refractivity contribution in [3.05, 3.63) is 29.8 Å². The van der Waals surface area contributed by atoms with Crippen molar-refractivity contribution in [2.45, 2.75) is 27.7 Å². The van der Waals surface area contributed by atoms with Gasteiger partial charge in [0.05, 0.1) is 11.4 Å². The number of allylic oxidation sites excluding steroid dienone is 2. The average Bonchev–Trinajstić information content (AvgIpc) is 2.31. The van der Waals surface area contributed by atoms with Crippen molar-refractivity contribution in [3.63, 3.8) is 0 Å². The predicted octanol–water partition coefficient (Wildman–Crippen LogP) is 3.97. The van der Waals surface area contributed by atoms with Gasteiger partial charge < -0.3 is 10.6 Å². The van der Waals surface area contributed by atoms with E-state index >= 15 is 0 Å². The molecule has 0 bridgehead atoms. The second-order valence-electron chi connectivity index (χ2n) is 3.79. The van der Waals surface area contributed by atoms with Crippen molar-refractivity contribution in [3.8, 4) is 0 Å². The van der Waals surface area contributed by atoms with E-state index in [1.807, 2.05) is 0 Å². The molecule has 0 radical (unpaired) electrons. The number of nitrogens with one attached hydrogen (secondary N) is 2. The molecule has 0 saturated carbocycles. The van der Waals surface area contributed by atoms with Crippen LogP contribution in [-0.2, 0) is 0 Å². The first-order valence-electron chi connectivity index (χ1n) is 5.98. The van der Waals surface area contributed by atoms with Crippen LogP contribution in [0.15, 0.2) is 24.3 Å². The highest BCUT2D eigenvalue weighted by molar-refractivity contribution is 5.76. The summed E-state index contributed by atoms with van der Waals surface area (Å²) < 4.78 is 0. The summed E-state index contributed by atoms with van der Waals surface area (Å²) in [5.41, 5.74) is 4.95. The maximum absolute atomic E-state index is 3.39. The van der Waals surface area contributed by atoms with E-state index in [0.717, 1.165) is 13.1 Å². The molecule has 0 aliphatic heterocycles. The largest absolute Gasteiger partial charge is 0.384 e. The predicted molar refractivity (Wildman–Crippen MR) is 74.1 cm³/mol. The molecule has 1 aromatic carbocycles. The monoisotopic (exact) mass is 218 g/mol. The van der Waals surface area contributed by atoms with Crippen LogP contribution in [-0.4, -0.2) is 13.1 Å². The normalized spacial score (nSPS) is 11.4. The van der Waals surface area contributed by atoms with Gasteiger partial charge in [0.25, 0.3) is 0 Å². The van der Waals surface area contributed by atoms with Gasteiger partial charge in [-0.3, -0.25) is 0 Å². The van der Waals surface area contributed by atoms with E-state index in [4.69, 9.17) is 0 Å². The van der Waals surface area contributed by atoms with Gasteiger partial charge in [-0.1, -0.05) is 12.1 Å². The Morgan fingerprint density at radius 2 is 1.75 bits per heavy atom. The molecule has 0 saturated heterocycles. The van der Waals surface area contributed by atoms with Gasteiger partial charge in [0.2, 0.25) is 0 Å². The Morgan fingerprint density at radius 3 is 2.31 bits per heavy atom. The van der Waals surface area contributed by atoms with Crippen molar-refractivity contribution in [2.24, 2.45) is 0 Å². The highest BCUT2D eigenvalue weighted by Gasteiger charge is 2.03. The van der Waals surface area contributed by atoms with Gasteiger partial charge in [0, 0.05) is 13.1 Å². The second kappa shape index (κ2) is 6.21. The first-order chi connectivity index (χ1) is 7.72. The fourth-order valence-electron chi connectivity index (χ4n) is 1.64. The molecule has 2 N–H and O–H groups in total. The minimum Gasteiger partial charge on any atom is -0.384 e. The summed E-state index contributed by atoms with van der Waals surface area (Å²) in [6.07, 6.45) is 2.14. The van der Waals surface area contributed by atoms with Crippen molar-refractivity contribution >= 4 is 16.9 Å². The topological polar surface area (TPSA) is 24.1 Å². The van der Waals surface area contributed by atoms with Gasteiger partial charge in [0.1, 0.15) is 0 Å². The Morgan fingerprint density at radius 1 is 1.12 bits per heavy atom. The lowest BCUT2D eigenvalue weighted by atomic mass is 10.1. The number of benzene rings is 1. The SMILES string of the molecule is C/C=C(/C)c1ccc(NCC)c(NCC)c1. The lowest BCUT2D eigenvalue weighted by molar-refractivity contribution is 1.18. The van der Waals surface area contributed by atoms with Gasteiger partial charge in [-0.2, -0.15) is 0 Å². The first-order valence-corrected chi connectivity index (χ1v) is 5.98. The molecule has 0 heterocycles. The smallest absolute Gasteiger partial charge is 0.0582 e. The summed E-state index contributed by atoms with van der Waals surface area (Å²) in [6, 6.07) is 6.51. The summed E-state index contributed by atoms with van der Waals surface area (Å²) in [5.74, 6) is 0. The zero-order valence-corrected chi connectivity index (χ0v) is 10.7. The fraction of sp³-hybridized carbons (Fsp3) is 0.429. The lowest BCUT2D eigenvalue weighted by Crippen LogP contribution is -2.04. The third-order valence-corrected chi connectivity index (χ3v) is 2.64. The van der Waals surface area contributed by atoms with Gasteiger partial charge >= 0.3 is 0 Å². The summed E-state index contributed by atoms with van der Waals surface area (Å²) in [5, 5.41) is 6.75. The molecule has 0 unspecified atom stereocenters. The highest BCUT2D eigenvalue weighted by atomic mass is 14.9. The van der Waals surface area contributed by atoms with Gasteiger partial charge in [-0.15, -0.1) is 0 Å². The van der Waals surface area contributed by atoms with Crippen molar-refractivity contribution in [1.82, 2.24) is 0 Å². The number of anilines is 2. The zero-order chi connectivity index (χ0) is 12.0. The Hall–Kier alpha value is -1.44. The molecule has 16 heavy (non-hydrogen) atoms. The maximum atomic E-state index is 3.39. The molecule has 0 spiro atoms. The average molecular weight is 218 g/mol. The standard InChI is InChI=1S/C14H22N2/c1-5-11(4)12-8-9-13(15-6-2)14(10-12)16-7-3/h5,8-10,15-16H,6-7H2,1-4H3/b11-5-. The first kappa shape index (κ1) is 12.6. The van der Waals surface area contributed by atoms with E-state index in [2.05, 4.69) is 62.6 Å². The van der Waals surface area contributed by atoms with E-state index in [1.54, 1.807) is 0 Å². The van der Waals surface area contributed by atoms with E-state index < -0.39 is 0 Å². The van der Waals surface area contributed by atoms with Crippen LogP contribution < -0.4 is 10.6 Å². The lowest BCUT2D eigenvalue weighted by Gasteiger charge is -2.14. The van der Waals surface area contributed by atoms with Gasteiger partial charge in [-0.25, -0.2) is 0 Å². The molecule has 0 aromatic heterocycles. The molecular formula is C14H22N2. The summed E-state index contributed by atoms with van der Waals surface area (Å²) >= 11 is 0. The van der Waals surface area contributed by atoms with Gasteiger partial charge in [0.15, 0.2) is 0 Å². The molecule has 0 fully saturated rings. The Kier molecular flexibility index (Phi) is 4.90. The maximum Gasteiger partial charge on any atom is 0.0582 e. The van der Waals surface area contributed by atoms with Crippen LogP contribution >= 0.6 is 0 Å². The fourth-order valence-corrected chi connectivity index (χ4v) is 1.64. The van der Waals surface area contributed by atoms with Crippen LogP contribution in [0.3, 0.4) is 0 Å². The van der Waals surface area contributed by atoms with Crippen molar-refractivity contribution in [2.75, 3.05) is 23.7 Å². The molecule has 0 amide bonds. The Bertz CT molecular complexity index is 367. The van der Waals surface area contributed by atoms with Crippen molar-refractivity contribution < 1.29 is 0 Å². The second-order valence-corrected chi connectivity index (χ2v) is 3.79. The molecule has 2 heteroatoms. The van der Waals surface area contributed by atoms with Crippen molar-refractivity contribution in [1.29, 1.82) is 0 Å². The summed E-state index contributed by atoms with van der Waals surface area (Å²) in [7, 11) is 0. The van der Waals surface area contributed by atoms with Gasteiger partial charge in [-0.05, 0) is 51.0 Å². The van der Waals surface area contributed by atoms with Crippen LogP contribution in [0, 0.1) is 0 Å². The van der Waals surface area contributed by atoms with E-state index in [9.17, 15) is 0 Å². The van der Waals surface area contributed by atoms with Crippen LogP contribution in [0.4, 0.5) is 11.4 Å². The molecular weight excluding hydrogens is 196 g/mol. The molecule has 0 aliphatic carbocycles. The Balaban J connectivity index is 3.06. The summed E-state index contributed by atoms with van der Waals surface area (Å²) in [6.45, 7) is 10.3. The number of rotatable bonds is 5. The minimum absolute atomic E-state index is 0.941. The van der Waals surface area contributed by atoms with E-state index in [-0.39, 0.29) is 0 Å². The van der Waals surface area contributed by atoms with Crippen LogP contribution in [0.1, 0.15) is 33.3 Å². The molecule has 1 rings (SSSR count). The van der Waals surface area contributed by atoms with Crippen LogP contribution in [0.25, 0.3) is 5.57 Å². The zero-order valence-electron chi connectivity index (χ0n) is 10.7. The van der Waals surface area contributed by atoms with E-state index in [1.165, 1.54) is 22.5 Å². The molecule has 2 nitrogen and oxygen atoms in total.